The van der Waals surface area contributed by atoms with Crippen LogP contribution in [0.3, 0.4) is 0 Å². The third kappa shape index (κ3) is 31.4. The van der Waals surface area contributed by atoms with Gasteiger partial charge < -0.3 is 38.9 Å². The molecule has 0 saturated carbocycles. The maximum atomic E-state index is 12.3. The molecule has 0 aliphatic carbocycles. The van der Waals surface area contributed by atoms with Crippen molar-refractivity contribution in [2.24, 2.45) is 0 Å². The number of halogens is 12. The Morgan fingerprint density at radius 3 is 0.958 bits per heavy atom. The fourth-order valence-electron chi connectivity index (χ4n) is 5.97. The summed E-state index contributed by atoms with van der Waals surface area (Å²) in [6, 6.07) is 27.2. The number of carbonyl (C=O) groups is 3. The minimum atomic E-state index is -6.85. The van der Waals surface area contributed by atoms with Gasteiger partial charge >= 0.3 is 80.4 Å². The zero-order valence-electron chi connectivity index (χ0n) is 51.8. The van der Waals surface area contributed by atoms with Crippen LogP contribution in [0.25, 0.3) is 44.5 Å². The van der Waals surface area contributed by atoms with Crippen LogP contribution >= 0.6 is 0 Å². The fourth-order valence-corrected chi connectivity index (χ4v) is 8.44. The van der Waals surface area contributed by atoms with E-state index in [0.717, 1.165) is 75.1 Å². The van der Waals surface area contributed by atoms with Crippen molar-refractivity contribution < 1.29 is 137 Å². The van der Waals surface area contributed by atoms with Crippen LogP contribution in [0.1, 0.15) is 80.4 Å². The van der Waals surface area contributed by atoms with Gasteiger partial charge in [-0.3, -0.25) is 0 Å². The van der Waals surface area contributed by atoms with Crippen LogP contribution < -0.4 is 14.5 Å². The summed E-state index contributed by atoms with van der Waals surface area (Å²) in [5.41, 5.74) is -23.4. The van der Waals surface area contributed by atoms with Crippen molar-refractivity contribution in [3.05, 3.63) is 145 Å². The Hall–Kier alpha value is -9.07. The van der Waals surface area contributed by atoms with Gasteiger partial charge in [-0.25, -0.2) is 14.4 Å². The Morgan fingerprint density at radius 1 is 0.438 bits per heavy atom. The molecule has 36 heteroatoms. The number of hydrogen-bond donors (Lipinski definition) is 3. The SMILES string of the molecule is C#CC#CC.C=CC(=O)OC(C)(C)C.CC(C)(C)OC(=O)/C=C\c1ccc2cc(/C=C\C(=O)OC(C)(C)C)ccc2c1.N.O=S(=O)(OS(=O)(=O)C(F)(F)F)C(F)(F)F.O=S(=O)(Oc1ccc2cc(OS(=O)(=O)C(F)(F)F)ccc2c1)C(F)(F)F.Oc1ccc2cc(O)ccc2c1. The number of ether oxygens (including phenoxy) is 3. The van der Waals surface area contributed by atoms with Crippen LogP contribution in [-0.2, 0) is 72.7 Å². The van der Waals surface area contributed by atoms with Gasteiger partial charge in [0.1, 0.15) is 39.8 Å². The van der Waals surface area contributed by atoms with E-state index in [1.807, 2.05) is 102 Å². The van der Waals surface area contributed by atoms with E-state index in [1.165, 1.54) is 12.2 Å². The number of phenols is 2. The van der Waals surface area contributed by atoms with Crippen LogP contribution in [0, 0.1) is 24.2 Å². The van der Waals surface area contributed by atoms with Crippen LogP contribution in [0.4, 0.5) is 52.7 Å². The summed E-state index contributed by atoms with van der Waals surface area (Å²) in [6.45, 7) is 21.4. The smallest absolute Gasteiger partial charge is 0.508 e. The van der Waals surface area contributed by atoms with Crippen molar-refractivity contribution in [2.75, 3.05) is 0 Å². The minimum Gasteiger partial charge on any atom is -0.508 e. The van der Waals surface area contributed by atoms with Crippen LogP contribution in [0.15, 0.2) is 134 Å². The Bertz CT molecular complexity index is 4110. The van der Waals surface area contributed by atoms with E-state index < -0.39 is 90.8 Å². The van der Waals surface area contributed by atoms with E-state index in [9.17, 15) is 101 Å². The predicted octanol–water partition coefficient (Wildman–Crippen LogP) is 14.1. The highest BCUT2D eigenvalue weighted by Crippen LogP contribution is 2.34. The molecule has 0 saturated heterocycles. The average molecular weight is 1460 g/mol. The van der Waals surface area contributed by atoms with Gasteiger partial charge in [0.05, 0.1) is 0 Å². The Morgan fingerprint density at radius 2 is 0.708 bits per heavy atom. The van der Waals surface area contributed by atoms with E-state index in [2.05, 4.69) is 32.7 Å². The van der Waals surface area contributed by atoms with Gasteiger partial charge in [0.15, 0.2) is 0 Å². The molecule has 0 spiro atoms. The van der Waals surface area contributed by atoms with Crippen LogP contribution in [-0.4, -0.2) is 101 Å². The minimum absolute atomic E-state index is 0. The number of benzene rings is 6. The number of hydrogen-bond acceptors (Lipinski definition) is 20. The van der Waals surface area contributed by atoms with E-state index >= 15 is 0 Å². The Labute approximate surface area is 544 Å². The lowest BCUT2D eigenvalue weighted by molar-refractivity contribution is -0.149. The van der Waals surface area contributed by atoms with Crippen molar-refractivity contribution in [1.29, 1.82) is 0 Å². The topological polar surface area (TPSA) is 319 Å². The van der Waals surface area contributed by atoms with Crippen molar-refractivity contribution in [1.82, 2.24) is 6.15 Å². The summed E-state index contributed by atoms with van der Waals surface area (Å²) in [5.74, 6) is 5.06. The highest BCUT2D eigenvalue weighted by molar-refractivity contribution is 8.00. The first-order valence-corrected chi connectivity index (χ1v) is 31.4. The van der Waals surface area contributed by atoms with Gasteiger partial charge in [0.2, 0.25) is 0 Å². The second-order valence-corrected chi connectivity index (χ2v) is 27.4. The summed E-state index contributed by atoms with van der Waals surface area (Å²) < 4.78 is 250. The van der Waals surface area contributed by atoms with E-state index in [0.29, 0.717) is 0 Å². The normalized spacial score (nSPS) is 12.2. The molecule has 0 aliphatic rings. The summed E-state index contributed by atoms with van der Waals surface area (Å²) in [6.07, 6.45) is 12.2. The van der Waals surface area contributed by atoms with Crippen molar-refractivity contribution in [3.63, 3.8) is 0 Å². The molecule has 6 rings (SSSR count). The molecular weight excluding hydrogens is 1390 g/mol. The lowest BCUT2D eigenvalue weighted by Gasteiger charge is -2.18. The van der Waals surface area contributed by atoms with E-state index in [4.69, 9.17) is 30.8 Å². The molecule has 6 aromatic rings. The molecule has 5 N–H and O–H groups in total. The molecule has 6 aromatic carbocycles. The zero-order valence-corrected chi connectivity index (χ0v) is 55.0. The summed E-state index contributed by atoms with van der Waals surface area (Å²) in [4.78, 5) is 34.1. The van der Waals surface area contributed by atoms with E-state index in [-0.39, 0.29) is 46.3 Å². The fraction of sp³-hybridized carbons (Fsp3) is 0.283. The van der Waals surface area contributed by atoms with Gasteiger partial charge in [-0.05, 0) is 197 Å². The highest BCUT2D eigenvalue weighted by atomic mass is 32.3. The van der Waals surface area contributed by atoms with Gasteiger partial charge in [-0.15, -0.1) is 10.1 Å². The summed E-state index contributed by atoms with van der Waals surface area (Å²) in [5, 5.41) is 22.3. The van der Waals surface area contributed by atoms with Gasteiger partial charge in [0, 0.05) is 18.2 Å². The first-order valence-electron chi connectivity index (χ1n) is 25.8. The standard InChI is InChI=1S/C24H28O4.C12H6F6O6S2.C10H8O2.C7H12O2.C5H4.C2F6O5S2.H3N/c1-23(2,3)27-21(25)13-9-17-7-11-20-16-18(8-12-19(20)15-17)10-14-22(26)28-24(4,5)6;13-11(14,15)25(19,20)23-9-3-1-7-5-10(4-2-8(7)6-9)24-26(21,22)12(16,17)18;11-9-3-1-7-5-10(12)4-2-8(7)6-9;1-5-6(8)9-7(2,3)4;1-3-5-4-2;3-1(4,5)14(9,10)13-15(11,12)2(6,7)8;/h7-16H,1-6H3;1-6H;1-6,11-12H;5H,1H2,2-4H3;1H,2H3;;1H3/b13-9-,14-10-;;;;;;. The number of carbonyl (C=O) groups excluding carboxylic acids is 3. The lowest BCUT2D eigenvalue weighted by Crippen LogP contribution is -2.34. The molecule has 0 fully saturated rings. The van der Waals surface area contributed by atoms with Crippen molar-refractivity contribution >= 4 is 103 Å². The first-order chi connectivity index (χ1) is 42.9. The monoisotopic (exact) mass is 1460 g/mol. The Balaban J connectivity index is 0.00000121. The lowest BCUT2D eigenvalue weighted by atomic mass is 10.0. The van der Waals surface area contributed by atoms with Gasteiger partial charge in [-0.1, -0.05) is 61.0 Å². The quantitative estimate of drug-likeness (QED) is 0.0206. The number of rotatable bonds is 11. The average Bonchev–Trinajstić information content (AvgIpc) is 0.812. The van der Waals surface area contributed by atoms with Crippen molar-refractivity contribution in [2.45, 2.75) is 108 Å². The molecule has 0 aliphatic heterocycles. The third-order valence-electron chi connectivity index (χ3n) is 9.61. The molecule has 0 radical (unpaired) electrons. The zero-order chi connectivity index (χ0) is 73.8. The number of alkyl halides is 12. The molecule has 0 atom stereocenters. The second-order valence-electron chi connectivity index (χ2n) is 21.1. The number of fused-ring (bicyclic) bond motifs is 3. The second kappa shape index (κ2) is 34.6. The number of phenolic OH excluding ortho intramolecular Hbond substituents is 2. The maximum Gasteiger partial charge on any atom is 0.534 e. The molecule has 96 heavy (non-hydrogen) atoms. The molecular formula is C60H61F12NO19S4. The third-order valence-corrected chi connectivity index (χ3v) is 14.1. The first kappa shape index (κ1) is 86.9. The number of esters is 3. The molecule has 0 aromatic heterocycles. The number of aromatic hydroxyl groups is 2. The highest BCUT2D eigenvalue weighted by Gasteiger charge is 2.57. The number of terminal acetylenes is 1. The molecule has 0 unspecified atom stereocenters. The summed E-state index contributed by atoms with van der Waals surface area (Å²) >= 11 is 0. The summed E-state index contributed by atoms with van der Waals surface area (Å²) in [7, 11) is -25.5. The molecule has 0 bridgehead atoms. The van der Waals surface area contributed by atoms with E-state index in [1.54, 1.807) is 55.5 Å². The predicted molar refractivity (Wildman–Crippen MR) is 331 cm³/mol. The van der Waals surface area contributed by atoms with Gasteiger partial charge in [0.25, 0.3) is 0 Å². The maximum absolute atomic E-state index is 12.3. The van der Waals surface area contributed by atoms with Gasteiger partial charge in [-0.2, -0.15) is 86.4 Å². The largest absolute Gasteiger partial charge is 0.534 e. The molecule has 20 nitrogen and oxygen atoms in total. The molecule has 0 amide bonds. The van der Waals surface area contributed by atoms with Crippen LogP contribution in [0.5, 0.6) is 23.0 Å². The molecule has 528 valence electrons. The van der Waals surface area contributed by atoms with Crippen molar-refractivity contribution in [3.8, 4) is 47.2 Å². The van der Waals surface area contributed by atoms with Crippen LogP contribution in [0.2, 0.25) is 0 Å². The molecule has 0 heterocycles. The Kier molecular flexibility index (Phi) is 31.3.